The molecule has 0 aliphatic carbocycles. The minimum Gasteiger partial charge on any atom is -0.550 e. The van der Waals surface area contributed by atoms with Crippen molar-refractivity contribution in [2.75, 3.05) is 7.05 Å². The minimum atomic E-state index is -1.46. The van der Waals surface area contributed by atoms with Gasteiger partial charge in [0.25, 0.3) is 5.91 Å². The number of halogens is 2. The Morgan fingerprint density at radius 1 is 1.22 bits per heavy atom. The first kappa shape index (κ1) is 25.7. The number of ketones is 1. The average Bonchev–Trinajstić information content (AvgIpc) is 3.17. The van der Waals surface area contributed by atoms with Crippen LogP contribution in [0, 0.1) is 11.6 Å². The first-order chi connectivity index (χ1) is 14.7. The number of benzene rings is 1. The summed E-state index contributed by atoms with van der Waals surface area (Å²) in [6.45, 7) is 0. The van der Waals surface area contributed by atoms with Crippen molar-refractivity contribution in [1.29, 1.82) is 0 Å². The fourth-order valence-electron chi connectivity index (χ4n) is 2.91. The molecule has 0 bridgehead atoms. The normalized spacial score (nSPS) is 16.3. The van der Waals surface area contributed by atoms with E-state index in [1.807, 2.05) is 0 Å². The van der Waals surface area contributed by atoms with Gasteiger partial charge in [0.05, 0.1) is 6.04 Å². The number of nitrogens with one attached hydrogen (secondary N) is 2. The number of hydrogen-bond acceptors (Lipinski definition) is 6. The van der Waals surface area contributed by atoms with Crippen LogP contribution in [-0.2, 0) is 14.4 Å². The number of nitrogens with zero attached hydrogens (tertiary/aromatic N) is 1. The Labute approximate surface area is 207 Å². The van der Waals surface area contributed by atoms with Crippen molar-refractivity contribution in [2.24, 2.45) is 0 Å². The number of thiophene rings is 1. The third kappa shape index (κ3) is 6.00. The maximum Gasteiger partial charge on any atom is 1.00 e. The van der Waals surface area contributed by atoms with E-state index >= 15 is 0 Å². The van der Waals surface area contributed by atoms with E-state index in [9.17, 15) is 33.1 Å². The van der Waals surface area contributed by atoms with Crippen LogP contribution in [0.2, 0.25) is 0 Å². The standard InChI is InChI=1S/C20H17F2N3O5S.Na/c1-25-7-6-14(26)18(19(25)29)24-20(30)23-13(9-17(27)28)16-5-4-15(31-16)11-3-2-10(21)8-12(11)22;/h2-8,13,18H,9H2,1H3,(H,27,28)(H2,23,24,30);/q;+1/p-1/t13-,18?;/m0./s1. The van der Waals surface area contributed by atoms with Crippen molar-refractivity contribution >= 4 is 35.0 Å². The van der Waals surface area contributed by atoms with Gasteiger partial charge in [0, 0.05) is 53.1 Å². The second-order valence-electron chi connectivity index (χ2n) is 6.67. The Morgan fingerprint density at radius 3 is 2.59 bits per heavy atom. The summed E-state index contributed by atoms with van der Waals surface area (Å²) >= 11 is 0.996. The van der Waals surface area contributed by atoms with Crippen molar-refractivity contribution in [1.82, 2.24) is 15.5 Å². The van der Waals surface area contributed by atoms with Crippen LogP contribution in [0.5, 0.6) is 0 Å². The van der Waals surface area contributed by atoms with Crippen LogP contribution >= 0.6 is 11.3 Å². The van der Waals surface area contributed by atoms with E-state index in [4.69, 9.17) is 0 Å². The molecule has 1 aliphatic heterocycles. The molecule has 1 aromatic heterocycles. The molecule has 0 saturated heterocycles. The molecule has 2 heterocycles. The first-order valence-corrected chi connectivity index (χ1v) is 9.78. The molecule has 2 N–H and O–H groups in total. The van der Waals surface area contributed by atoms with Crippen LogP contribution in [0.1, 0.15) is 17.3 Å². The fourth-order valence-corrected chi connectivity index (χ4v) is 3.99. The van der Waals surface area contributed by atoms with Gasteiger partial charge in [-0.3, -0.25) is 9.59 Å². The average molecular weight is 471 g/mol. The summed E-state index contributed by atoms with van der Waals surface area (Å²) in [6.07, 6.45) is 1.79. The number of carbonyl (C=O) groups excluding carboxylic acids is 4. The van der Waals surface area contributed by atoms with Crippen LogP contribution < -0.4 is 45.3 Å². The van der Waals surface area contributed by atoms with Crippen molar-refractivity contribution < 1.29 is 62.6 Å². The third-order valence-electron chi connectivity index (χ3n) is 4.46. The zero-order valence-corrected chi connectivity index (χ0v) is 19.9. The van der Waals surface area contributed by atoms with Crippen molar-refractivity contribution in [2.45, 2.75) is 18.5 Å². The van der Waals surface area contributed by atoms with Crippen LogP contribution in [0.25, 0.3) is 10.4 Å². The van der Waals surface area contributed by atoms with Crippen molar-refractivity contribution in [3.05, 3.63) is 59.1 Å². The van der Waals surface area contributed by atoms with Crippen LogP contribution in [0.4, 0.5) is 13.6 Å². The molecule has 3 rings (SSSR count). The van der Waals surface area contributed by atoms with E-state index in [0.717, 1.165) is 34.4 Å². The number of amides is 3. The van der Waals surface area contributed by atoms with Gasteiger partial charge in [-0.1, -0.05) is 0 Å². The molecular weight excluding hydrogens is 455 g/mol. The van der Waals surface area contributed by atoms with Crippen molar-refractivity contribution in [3.63, 3.8) is 0 Å². The molecule has 1 aliphatic rings. The molecule has 2 aromatic rings. The Balaban J connectivity index is 0.00000363. The van der Waals surface area contributed by atoms with Crippen molar-refractivity contribution in [3.8, 4) is 10.4 Å². The summed E-state index contributed by atoms with van der Waals surface area (Å²) in [5.74, 6) is -4.26. The molecule has 0 radical (unpaired) electrons. The molecule has 0 spiro atoms. The van der Waals surface area contributed by atoms with Gasteiger partial charge in [0.1, 0.15) is 11.6 Å². The summed E-state index contributed by atoms with van der Waals surface area (Å²) in [5.41, 5.74) is 0.113. The number of hydrogen-bond donors (Lipinski definition) is 2. The largest absolute Gasteiger partial charge is 1.00 e. The number of aliphatic carboxylic acids is 1. The maximum atomic E-state index is 14.0. The SMILES string of the molecule is CN1C=CC(=O)C(NC(=O)N[C@@H](CC(=O)[O-])c2ccc(-c3ccc(F)cc3F)s2)C1=O.[Na+]. The number of carboxylic acid groups (broad SMARTS) is 1. The van der Waals surface area contributed by atoms with Gasteiger partial charge in [0.2, 0.25) is 0 Å². The van der Waals surface area contributed by atoms with Gasteiger partial charge in [-0.15, -0.1) is 11.3 Å². The predicted octanol–water partition coefficient (Wildman–Crippen LogP) is -1.90. The minimum absolute atomic E-state index is 0. The number of carboxylic acids is 1. The molecule has 2 atom stereocenters. The van der Waals surface area contributed by atoms with Crippen LogP contribution in [0.3, 0.4) is 0 Å². The maximum absolute atomic E-state index is 14.0. The summed E-state index contributed by atoms with van der Waals surface area (Å²) in [6, 6.07) is 2.60. The van der Waals surface area contributed by atoms with Gasteiger partial charge in [-0.25, -0.2) is 13.6 Å². The van der Waals surface area contributed by atoms with E-state index in [0.29, 0.717) is 9.75 Å². The molecule has 0 saturated carbocycles. The van der Waals surface area contributed by atoms with Gasteiger partial charge in [-0.2, -0.15) is 0 Å². The number of carbonyl (C=O) groups is 4. The molecule has 32 heavy (non-hydrogen) atoms. The topological polar surface area (TPSA) is 119 Å². The number of likely N-dealkylation sites (N-methyl/N-ethyl adjacent to an activating group) is 1. The number of rotatable bonds is 6. The Hall–Kier alpha value is -2.60. The zero-order chi connectivity index (χ0) is 22.7. The smallest absolute Gasteiger partial charge is 0.550 e. The summed E-state index contributed by atoms with van der Waals surface area (Å²) < 4.78 is 27.2. The molecule has 1 unspecified atom stereocenters. The Bertz CT molecular complexity index is 1090. The van der Waals surface area contributed by atoms with Crippen LogP contribution in [-0.4, -0.2) is 41.7 Å². The molecular formula is C20H16F2N3NaO5S. The molecule has 12 heteroatoms. The van der Waals surface area contributed by atoms with E-state index < -0.39 is 53.8 Å². The fraction of sp³-hybridized carbons (Fsp3) is 0.200. The van der Waals surface area contributed by atoms with Gasteiger partial charge < -0.3 is 25.4 Å². The third-order valence-corrected chi connectivity index (χ3v) is 5.69. The Kier molecular flexibility index (Phi) is 8.67. The Morgan fingerprint density at radius 2 is 1.94 bits per heavy atom. The second kappa shape index (κ2) is 10.8. The quantitative estimate of drug-likeness (QED) is 0.377. The van der Waals surface area contributed by atoms with Gasteiger partial charge in [-0.05, 0) is 24.3 Å². The van der Waals surface area contributed by atoms with Gasteiger partial charge in [0.15, 0.2) is 11.8 Å². The first-order valence-electron chi connectivity index (χ1n) is 8.96. The monoisotopic (exact) mass is 471 g/mol. The van der Waals surface area contributed by atoms with E-state index in [1.165, 1.54) is 31.4 Å². The summed E-state index contributed by atoms with van der Waals surface area (Å²) in [7, 11) is 1.42. The molecule has 0 fully saturated rings. The summed E-state index contributed by atoms with van der Waals surface area (Å²) in [4.78, 5) is 49.4. The zero-order valence-electron chi connectivity index (χ0n) is 17.1. The van der Waals surface area contributed by atoms with Crippen LogP contribution in [0.15, 0.2) is 42.6 Å². The predicted molar refractivity (Wildman–Crippen MR) is 104 cm³/mol. The molecule has 1 aromatic carbocycles. The molecule has 162 valence electrons. The van der Waals surface area contributed by atoms with E-state index in [-0.39, 0.29) is 35.1 Å². The molecule has 3 amide bonds. The number of urea groups is 1. The van der Waals surface area contributed by atoms with E-state index in [2.05, 4.69) is 10.6 Å². The summed E-state index contributed by atoms with van der Waals surface area (Å²) in [5, 5.41) is 15.8. The van der Waals surface area contributed by atoms with E-state index in [1.54, 1.807) is 0 Å². The second-order valence-corrected chi connectivity index (χ2v) is 7.79. The van der Waals surface area contributed by atoms with Gasteiger partial charge >= 0.3 is 35.6 Å². The molecule has 8 nitrogen and oxygen atoms in total.